The minimum absolute atomic E-state index is 0.191. The monoisotopic (exact) mass is 293 g/mol. The number of thiazole rings is 1. The highest BCUT2D eigenvalue weighted by atomic mass is 32.1. The SMILES string of the molecule is Cc1ncsc1CN1C(=O)NC(=O)C2(CCCC2)C1=O. The van der Waals surface area contributed by atoms with Crippen LogP contribution in [0.4, 0.5) is 4.79 Å². The molecule has 0 bridgehead atoms. The van der Waals surface area contributed by atoms with Gasteiger partial charge in [-0.3, -0.25) is 19.8 Å². The third-order valence-corrected chi connectivity index (χ3v) is 5.08. The number of carbonyl (C=O) groups is 3. The zero-order valence-electron chi connectivity index (χ0n) is 11.1. The maximum absolute atomic E-state index is 12.6. The van der Waals surface area contributed by atoms with E-state index in [9.17, 15) is 14.4 Å². The second kappa shape index (κ2) is 4.66. The van der Waals surface area contributed by atoms with Crippen molar-refractivity contribution >= 4 is 29.2 Å². The molecule has 3 rings (SSSR count). The van der Waals surface area contributed by atoms with Gasteiger partial charge in [-0.05, 0) is 19.8 Å². The number of nitrogens with zero attached hydrogens (tertiary/aromatic N) is 2. The van der Waals surface area contributed by atoms with Crippen molar-refractivity contribution in [1.29, 1.82) is 0 Å². The highest BCUT2D eigenvalue weighted by molar-refractivity contribution is 7.09. The fourth-order valence-corrected chi connectivity index (χ4v) is 3.68. The summed E-state index contributed by atoms with van der Waals surface area (Å²) in [6.45, 7) is 2.03. The van der Waals surface area contributed by atoms with E-state index in [0.717, 1.165) is 28.3 Å². The summed E-state index contributed by atoms with van der Waals surface area (Å²) in [5.74, 6) is -0.779. The number of nitrogens with one attached hydrogen (secondary N) is 1. The first kappa shape index (κ1) is 13.2. The van der Waals surface area contributed by atoms with Crippen molar-refractivity contribution in [3.8, 4) is 0 Å². The Labute approximate surface area is 120 Å². The van der Waals surface area contributed by atoms with E-state index in [-0.39, 0.29) is 12.5 Å². The van der Waals surface area contributed by atoms with Gasteiger partial charge in [0.1, 0.15) is 5.41 Å². The molecule has 1 spiro atoms. The number of hydrogen-bond donors (Lipinski definition) is 1. The van der Waals surface area contributed by atoms with Gasteiger partial charge in [0.2, 0.25) is 11.8 Å². The average Bonchev–Trinajstić information content (AvgIpc) is 3.03. The molecule has 1 aliphatic heterocycles. The number of amides is 4. The van der Waals surface area contributed by atoms with Crippen LogP contribution in [0.5, 0.6) is 0 Å². The lowest BCUT2D eigenvalue weighted by Crippen LogP contribution is -2.62. The van der Waals surface area contributed by atoms with Crippen molar-refractivity contribution in [2.75, 3.05) is 0 Å². The van der Waals surface area contributed by atoms with Gasteiger partial charge in [0, 0.05) is 4.88 Å². The van der Waals surface area contributed by atoms with Crippen LogP contribution in [0.3, 0.4) is 0 Å². The molecule has 0 aromatic carbocycles. The van der Waals surface area contributed by atoms with Crippen LogP contribution < -0.4 is 5.32 Å². The van der Waals surface area contributed by atoms with Gasteiger partial charge in [-0.15, -0.1) is 11.3 Å². The minimum Gasteiger partial charge on any atom is -0.277 e. The molecule has 1 aromatic heterocycles. The lowest BCUT2D eigenvalue weighted by Gasteiger charge is -2.36. The summed E-state index contributed by atoms with van der Waals surface area (Å²) in [6, 6.07) is -0.620. The van der Waals surface area contributed by atoms with Gasteiger partial charge in [-0.1, -0.05) is 12.8 Å². The van der Waals surface area contributed by atoms with E-state index in [4.69, 9.17) is 0 Å². The van der Waals surface area contributed by atoms with Crippen molar-refractivity contribution in [2.45, 2.75) is 39.2 Å². The highest BCUT2D eigenvalue weighted by Gasteiger charge is 2.54. The Balaban J connectivity index is 1.90. The van der Waals surface area contributed by atoms with Gasteiger partial charge in [0.25, 0.3) is 0 Å². The first-order valence-corrected chi connectivity index (χ1v) is 7.49. The van der Waals surface area contributed by atoms with Crippen molar-refractivity contribution in [3.63, 3.8) is 0 Å². The molecule has 6 nitrogen and oxygen atoms in total. The second-order valence-corrected chi connectivity index (χ2v) is 6.24. The molecule has 2 heterocycles. The van der Waals surface area contributed by atoms with Gasteiger partial charge >= 0.3 is 6.03 Å². The van der Waals surface area contributed by atoms with Crippen LogP contribution in [-0.2, 0) is 16.1 Å². The fourth-order valence-electron chi connectivity index (χ4n) is 2.92. The highest BCUT2D eigenvalue weighted by Crippen LogP contribution is 2.42. The van der Waals surface area contributed by atoms with Crippen LogP contribution in [0, 0.1) is 12.3 Å². The Kier molecular flexibility index (Phi) is 3.08. The Morgan fingerprint density at radius 1 is 1.35 bits per heavy atom. The first-order valence-electron chi connectivity index (χ1n) is 6.61. The number of hydrogen-bond acceptors (Lipinski definition) is 5. The van der Waals surface area contributed by atoms with E-state index in [0.29, 0.717) is 12.8 Å². The van der Waals surface area contributed by atoms with Crippen LogP contribution >= 0.6 is 11.3 Å². The molecular weight excluding hydrogens is 278 g/mol. The quantitative estimate of drug-likeness (QED) is 0.840. The second-order valence-electron chi connectivity index (χ2n) is 5.30. The van der Waals surface area contributed by atoms with Crippen LogP contribution in [0.1, 0.15) is 36.3 Å². The summed E-state index contributed by atoms with van der Waals surface area (Å²) < 4.78 is 0. The van der Waals surface area contributed by atoms with Crippen molar-refractivity contribution in [3.05, 3.63) is 16.1 Å². The van der Waals surface area contributed by atoms with Crippen LogP contribution in [0.15, 0.2) is 5.51 Å². The Morgan fingerprint density at radius 3 is 2.65 bits per heavy atom. The topological polar surface area (TPSA) is 79.4 Å². The predicted molar refractivity (Wildman–Crippen MR) is 71.8 cm³/mol. The molecule has 7 heteroatoms. The lowest BCUT2D eigenvalue weighted by atomic mass is 9.82. The lowest BCUT2D eigenvalue weighted by molar-refractivity contribution is -0.151. The Morgan fingerprint density at radius 2 is 2.05 bits per heavy atom. The molecule has 4 amide bonds. The van der Waals surface area contributed by atoms with Gasteiger partial charge < -0.3 is 0 Å². The number of barbiturate groups is 1. The zero-order chi connectivity index (χ0) is 14.3. The van der Waals surface area contributed by atoms with Gasteiger partial charge in [0.05, 0.1) is 17.7 Å². The van der Waals surface area contributed by atoms with E-state index < -0.39 is 17.4 Å². The van der Waals surface area contributed by atoms with E-state index >= 15 is 0 Å². The normalized spacial score (nSPS) is 21.6. The number of aryl methyl sites for hydroxylation is 1. The zero-order valence-corrected chi connectivity index (χ0v) is 12.0. The third-order valence-electron chi connectivity index (χ3n) is 4.16. The van der Waals surface area contributed by atoms with E-state index in [1.54, 1.807) is 5.51 Å². The number of rotatable bonds is 2. The number of urea groups is 1. The molecule has 1 aromatic rings. The largest absolute Gasteiger partial charge is 0.331 e. The maximum atomic E-state index is 12.6. The van der Waals surface area contributed by atoms with Crippen molar-refractivity contribution < 1.29 is 14.4 Å². The van der Waals surface area contributed by atoms with Crippen LogP contribution in [-0.4, -0.2) is 27.7 Å². The molecular formula is C13H15N3O3S. The summed E-state index contributed by atoms with van der Waals surface area (Å²) in [7, 11) is 0. The molecule has 1 saturated heterocycles. The molecule has 106 valence electrons. The fraction of sp³-hybridized carbons (Fsp3) is 0.538. The summed E-state index contributed by atoms with van der Waals surface area (Å²) in [6.07, 6.45) is 2.76. The molecule has 1 aliphatic carbocycles. The summed E-state index contributed by atoms with van der Waals surface area (Å²) >= 11 is 1.41. The van der Waals surface area contributed by atoms with Crippen molar-refractivity contribution in [1.82, 2.24) is 15.2 Å². The maximum Gasteiger partial charge on any atom is 0.331 e. The molecule has 2 fully saturated rings. The van der Waals surface area contributed by atoms with E-state index in [1.807, 2.05) is 6.92 Å². The minimum atomic E-state index is -1.02. The van der Waals surface area contributed by atoms with Gasteiger partial charge in [-0.2, -0.15) is 0 Å². The summed E-state index contributed by atoms with van der Waals surface area (Å²) in [5.41, 5.74) is 1.48. The van der Waals surface area contributed by atoms with E-state index in [1.165, 1.54) is 11.3 Å². The van der Waals surface area contributed by atoms with Crippen molar-refractivity contribution in [2.24, 2.45) is 5.41 Å². The molecule has 1 N–H and O–H groups in total. The molecule has 0 radical (unpaired) electrons. The Hall–Kier alpha value is -1.76. The third kappa shape index (κ3) is 1.84. The Bertz CT molecular complexity index is 589. The van der Waals surface area contributed by atoms with Crippen LogP contribution in [0.25, 0.3) is 0 Å². The predicted octanol–water partition coefficient (Wildman–Crippen LogP) is 1.59. The smallest absolute Gasteiger partial charge is 0.277 e. The van der Waals surface area contributed by atoms with E-state index in [2.05, 4.69) is 10.3 Å². The van der Waals surface area contributed by atoms with Crippen LogP contribution in [0.2, 0.25) is 0 Å². The summed E-state index contributed by atoms with van der Waals surface area (Å²) in [5, 5.41) is 2.34. The van der Waals surface area contributed by atoms with Gasteiger partial charge in [0.15, 0.2) is 0 Å². The molecule has 0 atom stereocenters. The number of aromatic nitrogens is 1. The van der Waals surface area contributed by atoms with Gasteiger partial charge in [-0.25, -0.2) is 9.78 Å². The number of imide groups is 2. The average molecular weight is 293 g/mol. The first-order chi connectivity index (χ1) is 9.54. The molecule has 0 unspecified atom stereocenters. The summed E-state index contributed by atoms with van der Waals surface area (Å²) in [4.78, 5) is 42.8. The molecule has 1 saturated carbocycles. The number of carbonyl (C=O) groups excluding carboxylic acids is 3. The molecule has 20 heavy (non-hydrogen) atoms. The molecule has 2 aliphatic rings. The standard InChI is InChI=1S/C13H15N3O3S/c1-8-9(20-7-14-8)6-16-11(18)13(4-2-3-5-13)10(17)15-12(16)19/h7H,2-6H2,1H3,(H,15,17,19).